The Morgan fingerprint density at radius 3 is 2.45 bits per heavy atom. The van der Waals surface area contributed by atoms with Gasteiger partial charge in [-0.15, -0.1) is 0 Å². The van der Waals surface area contributed by atoms with Crippen LogP contribution in [0.4, 0.5) is 28.7 Å². The van der Waals surface area contributed by atoms with E-state index in [1.807, 2.05) is 31.2 Å². The van der Waals surface area contributed by atoms with Crippen LogP contribution in [-0.2, 0) is 4.74 Å². The first-order chi connectivity index (χ1) is 16.0. The van der Waals surface area contributed by atoms with E-state index in [-0.39, 0.29) is 23.9 Å². The Labute approximate surface area is 188 Å². The van der Waals surface area contributed by atoms with Crippen LogP contribution in [0.1, 0.15) is 23.0 Å². The molecule has 10 nitrogen and oxygen atoms in total. The van der Waals surface area contributed by atoms with Gasteiger partial charge in [-0.2, -0.15) is 0 Å². The molecule has 0 aliphatic rings. The molecule has 2 aromatic heterocycles. The second kappa shape index (κ2) is 9.27. The second-order valence-electron chi connectivity index (χ2n) is 7.05. The number of hydrogen-bond donors (Lipinski definition) is 2. The summed E-state index contributed by atoms with van der Waals surface area (Å²) in [4.78, 5) is 35.8. The van der Waals surface area contributed by atoms with Gasteiger partial charge in [-0.05, 0) is 62.4 Å². The zero-order valence-corrected chi connectivity index (χ0v) is 17.9. The van der Waals surface area contributed by atoms with Crippen molar-refractivity contribution in [1.82, 2.24) is 15.0 Å². The highest BCUT2D eigenvalue weighted by molar-refractivity contribution is 5.94. The number of nitrogens with zero attached hydrogens (tertiary/aromatic N) is 4. The molecule has 0 aliphatic heterocycles. The molecule has 0 aliphatic carbocycles. The standard InChI is InChI=1S/C23H20N6O4/c1-3-33-23(30)15-8-10-16(11-9-15)27-21-20(29(31)32)22(25-13-24-21)28-19-6-4-5-18-17(19)12-7-14(2)26-18/h4-13H,3H2,1-2H3,(H2,24,25,27,28). The topological polar surface area (TPSA) is 132 Å². The molecule has 2 heterocycles. The van der Waals surface area contributed by atoms with Gasteiger partial charge in [0.1, 0.15) is 6.33 Å². The molecule has 4 aromatic rings. The molecule has 0 saturated heterocycles. The predicted octanol–water partition coefficient (Wildman–Crippen LogP) is 4.91. The Kier molecular flexibility index (Phi) is 6.07. The Morgan fingerprint density at radius 2 is 1.76 bits per heavy atom. The van der Waals surface area contributed by atoms with Crippen LogP contribution >= 0.6 is 0 Å². The zero-order valence-electron chi connectivity index (χ0n) is 17.9. The van der Waals surface area contributed by atoms with Crippen LogP contribution in [0.3, 0.4) is 0 Å². The third kappa shape index (κ3) is 4.69. The maximum absolute atomic E-state index is 11.9. The Bertz CT molecular complexity index is 1340. The summed E-state index contributed by atoms with van der Waals surface area (Å²) in [5, 5.41) is 18.7. The second-order valence-corrected chi connectivity index (χ2v) is 7.05. The van der Waals surface area contributed by atoms with Crippen molar-refractivity contribution in [2.45, 2.75) is 13.8 Å². The number of esters is 1. The largest absolute Gasteiger partial charge is 0.462 e. The number of carbonyl (C=O) groups is 1. The molecule has 4 rings (SSSR count). The van der Waals surface area contributed by atoms with Crippen molar-refractivity contribution in [2.24, 2.45) is 0 Å². The number of pyridine rings is 1. The predicted molar refractivity (Wildman–Crippen MR) is 124 cm³/mol. The van der Waals surface area contributed by atoms with Crippen molar-refractivity contribution in [3.05, 3.63) is 82.3 Å². The number of aryl methyl sites for hydroxylation is 1. The summed E-state index contributed by atoms with van der Waals surface area (Å²) in [5.74, 6) is -0.396. The lowest BCUT2D eigenvalue weighted by molar-refractivity contribution is -0.383. The molecule has 0 spiro atoms. The lowest BCUT2D eigenvalue weighted by atomic mass is 10.1. The van der Waals surface area contributed by atoms with Gasteiger partial charge in [0.25, 0.3) is 0 Å². The van der Waals surface area contributed by atoms with Gasteiger partial charge in [-0.25, -0.2) is 14.8 Å². The van der Waals surface area contributed by atoms with Gasteiger partial charge in [0, 0.05) is 22.5 Å². The molecule has 0 unspecified atom stereocenters. The first-order valence-corrected chi connectivity index (χ1v) is 10.1. The van der Waals surface area contributed by atoms with E-state index >= 15 is 0 Å². The number of nitrogens with one attached hydrogen (secondary N) is 2. The quantitative estimate of drug-likeness (QED) is 0.232. The van der Waals surface area contributed by atoms with Crippen molar-refractivity contribution in [3.63, 3.8) is 0 Å². The van der Waals surface area contributed by atoms with E-state index in [2.05, 4.69) is 25.6 Å². The summed E-state index contributed by atoms with van der Waals surface area (Å²) in [5.41, 5.74) is 2.84. The minimum absolute atomic E-state index is 0.00981. The number of nitro groups is 1. The smallest absolute Gasteiger partial charge is 0.353 e. The molecule has 0 radical (unpaired) electrons. The fourth-order valence-electron chi connectivity index (χ4n) is 3.27. The molecular formula is C23H20N6O4. The Morgan fingerprint density at radius 1 is 1.03 bits per heavy atom. The first-order valence-electron chi connectivity index (χ1n) is 10.1. The summed E-state index contributed by atoms with van der Waals surface area (Å²) in [7, 11) is 0. The van der Waals surface area contributed by atoms with Gasteiger partial charge in [-0.3, -0.25) is 15.1 Å². The molecule has 0 atom stereocenters. The number of ether oxygens (including phenoxy) is 1. The normalized spacial score (nSPS) is 10.6. The fourth-order valence-corrected chi connectivity index (χ4v) is 3.27. The third-order valence-electron chi connectivity index (χ3n) is 4.79. The number of fused-ring (bicyclic) bond motifs is 1. The molecule has 0 fully saturated rings. The third-order valence-corrected chi connectivity index (χ3v) is 4.79. The van der Waals surface area contributed by atoms with Crippen molar-refractivity contribution in [2.75, 3.05) is 17.2 Å². The summed E-state index contributed by atoms with van der Waals surface area (Å²) < 4.78 is 4.96. The van der Waals surface area contributed by atoms with Gasteiger partial charge in [0.2, 0.25) is 11.6 Å². The SMILES string of the molecule is CCOC(=O)c1ccc(Nc2ncnc(Nc3cccc4nc(C)ccc34)c2[N+](=O)[O-])cc1. The average Bonchev–Trinajstić information content (AvgIpc) is 2.79. The molecule has 0 saturated carbocycles. The van der Waals surface area contributed by atoms with Gasteiger partial charge in [-0.1, -0.05) is 6.07 Å². The maximum atomic E-state index is 11.9. The van der Waals surface area contributed by atoms with Crippen molar-refractivity contribution >= 4 is 45.6 Å². The molecular weight excluding hydrogens is 424 g/mol. The van der Waals surface area contributed by atoms with Gasteiger partial charge >= 0.3 is 11.7 Å². The van der Waals surface area contributed by atoms with Gasteiger partial charge < -0.3 is 15.4 Å². The van der Waals surface area contributed by atoms with Crippen LogP contribution in [0.15, 0.2) is 60.9 Å². The van der Waals surface area contributed by atoms with E-state index in [9.17, 15) is 14.9 Å². The molecule has 0 amide bonds. The maximum Gasteiger partial charge on any atom is 0.353 e. The summed E-state index contributed by atoms with van der Waals surface area (Å²) >= 11 is 0. The van der Waals surface area contributed by atoms with Gasteiger partial charge in [0.05, 0.1) is 22.6 Å². The molecule has 2 aromatic carbocycles. The monoisotopic (exact) mass is 444 g/mol. The zero-order chi connectivity index (χ0) is 23.4. The van der Waals surface area contributed by atoms with E-state index in [0.29, 0.717) is 16.9 Å². The van der Waals surface area contributed by atoms with E-state index in [4.69, 9.17) is 4.74 Å². The molecule has 10 heteroatoms. The number of benzene rings is 2. The molecule has 0 bridgehead atoms. The van der Waals surface area contributed by atoms with Crippen molar-refractivity contribution in [3.8, 4) is 0 Å². The highest BCUT2D eigenvalue weighted by Gasteiger charge is 2.24. The Balaban J connectivity index is 1.66. The number of carbonyl (C=O) groups excluding carboxylic acids is 1. The number of rotatable bonds is 7. The number of anilines is 4. The van der Waals surface area contributed by atoms with Crippen molar-refractivity contribution < 1.29 is 14.5 Å². The minimum Gasteiger partial charge on any atom is -0.462 e. The lowest BCUT2D eigenvalue weighted by Crippen LogP contribution is -2.06. The van der Waals surface area contributed by atoms with E-state index in [0.717, 1.165) is 16.6 Å². The number of aromatic nitrogens is 3. The Hall–Kier alpha value is -4.60. The van der Waals surface area contributed by atoms with Gasteiger partial charge in [0.15, 0.2) is 0 Å². The molecule has 166 valence electrons. The van der Waals surface area contributed by atoms with E-state index < -0.39 is 10.9 Å². The van der Waals surface area contributed by atoms with E-state index in [1.165, 1.54) is 6.33 Å². The van der Waals surface area contributed by atoms with Crippen LogP contribution in [0.2, 0.25) is 0 Å². The van der Waals surface area contributed by atoms with Crippen LogP contribution < -0.4 is 10.6 Å². The van der Waals surface area contributed by atoms with Crippen LogP contribution in [0.5, 0.6) is 0 Å². The molecule has 33 heavy (non-hydrogen) atoms. The average molecular weight is 444 g/mol. The van der Waals surface area contributed by atoms with Crippen LogP contribution in [0.25, 0.3) is 10.9 Å². The highest BCUT2D eigenvalue weighted by Crippen LogP contribution is 2.34. The first kappa shape index (κ1) is 21.6. The van der Waals surface area contributed by atoms with Crippen LogP contribution in [-0.4, -0.2) is 32.5 Å². The lowest BCUT2D eigenvalue weighted by Gasteiger charge is -2.12. The van der Waals surface area contributed by atoms with E-state index in [1.54, 1.807) is 37.3 Å². The summed E-state index contributed by atoms with van der Waals surface area (Å²) in [6.07, 6.45) is 1.23. The summed E-state index contributed by atoms with van der Waals surface area (Å²) in [6.45, 7) is 3.89. The fraction of sp³-hybridized carbons (Fsp3) is 0.130. The molecule has 2 N–H and O–H groups in total. The van der Waals surface area contributed by atoms with Crippen LogP contribution in [0, 0.1) is 17.0 Å². The van der Waals surface area contributed by atoms with Crippen molar-refractivity contribution in [1.29, 1.82) is 0 Å². The highest BCUT2D eigenvalue weighted by atomic mass is 16.6. The number of hydrogen-bond acceptors (Lipinski definition) is 9. The summed E-state index contributed by atoms with van der Waals surface area (Å²) in [6, 6.07) is 15.6. The minimum atomic E-state index is -0.550.